The van der Waals surface area contributed by atoms with E-state index in [0.717, 1.165) is 118 Å². The van der Waals surface area contributed by atoms with Gasteiger partial charge < -0.3 is 24.0 Å². The van der Waals surface area contributed by atoms with Crippen LogP contribution in [0.1, 0.15) is 0 Å². The lowest BCUT2D eigenvalue weighted by Crippen LogP contribution is -2.25. The van der Waals surface area contributed by atoms with Crippen LogP contribution in [0.25, 0.3) is 31.9 Å². The van der Waals surface area contributed by atoms with Crippen LogP contribution in [0, 0.1) is 0 Å². The van der Waals surface area contributed by atoms with Gasteiger partial charge >= 0.3 is 0 Å². The smallest absolute Gasteiger partial charge is 0.151 e. The molecule has 0 fully saturated rings. The molecule has 0 spiro atoms. The van der Waals surface area contributed by atoms with Crippen molar-refractivity contribution in [1.82, 2.24) is 4.98 Å². The van der Waals surface area contributed by atoms with Gasteiger partial charge in [0, 0.05) is 11.1 Å². The minimum Gasteiger partial charge on any atom is -0.453 e. The summed E-state index contributed by atoms with van der Waals surface area (Å²) >= 11 is 1.71. The first-order valence-electron chi connectivity index (χ1n) is 20.9. The van der Waals surface area contributed by atoms with E-state index in [4.69, 9.17) is 19.2 Å². The maximum atomic E-state index is 6.71. The number of ether oxygens (including phenoxy) is 3. The fraction of sp³-hybridized carbons (Fsp3) is 0. The molecule has 7 nitrogen and oxygen atoms in total. The molecule has 3 aliphatic heterocycles. The maximum absolute atomic E-state index is 6.71. The van der Waals surface area contributed by atoms with Crippen LogP contribution in [-0.4, -0.2) is 4.98 Å². The lowest BCUT2D eigenvalue weighted by molar-refractivity contribution is 0.475. The van der Waals surface area contributed by atoms with Gasteiger partial charge in [-0.25, -0.2) is 4.98 Å². The summed E-state index contributed by atoms with van der Waals surface area (Å²) in [7, 11) is 0. The van der Waals surface area contributed by atoms with E-state index >= 15 is 0 Å². The van der Waals surface area contributed by atoms with Crippen LogP contribution in [0.2, 0.25) is 0 Å². The molecule has 63 heavy (non-hydrogen) atoms. The quantitative estimate of drug-likeness (QED) is 0.171. The molecule has 0 radical (unpaired) electrons. The average molecular weight is 831 g/mol. The largest absolute Gasteiger partial charge is 0.453 e. The molecule has 0 aliphatic carbocycles. The topological polar surface area (TPSA) is 50.3 Å². The normalized spacial score (nSPS) is 13.0. The van der Waals surface area contributed by atoms with E-state index in [-0.39, 0.29) is 0 Å². The Morgan fingerprint density at radius 3 is 1.24 bits per heavy atom. The molecule has 8 heteroatoms. The predicted molar refractivity (Wildman–Crippen MR) is 255 cm³/mol. The molecule has 0 saturated carbocycles. The Hall–Kier alpha value is -8.33. The number of benzene rings is 9. The van der Waals surface area contributed by atoms with Gasteiger partial charge in [-0.15, -0.1) is 11.3 Å². The predicted octanol–water partition coefficient (Wildman–Crippen LogP) is 16.4. The fourth-order valence-corrected chi connectivity index (χ4v) is 10.1. The first kappa shape index (κ1) is 35.4. The number of aromatic nitrogens is 1. The van der Waals surface area contributed by atoms with E-state index in [1.165, 1.54) is 0 Å². The molecule has 0 unspecified atom stereocenters. The number of para-hydroxylation sites is 13. The highest BCUT2D eigenvalue weighted by molar-refractivity contribution is 7.21. The van der Waals surface area contributed by atoms with E-state index in [1.54, 1.807) is 11.3 Å². The number of hydrogen-bond acceptors (Lipinski definition) is 8. The molecule has 298 valence electrons. The number of hydrogen-bond donors (Lipinski definition) is 0. The summed E-state index contributed by atoms with van der Waals surface area (Å²) in [6, 6.07) is 71.3. The summed E-state index contributed by atoms with van der Waals surface area (Å²) < 4.78 is 21.2. The zero-order valence-corrected chi connectivity index (χ0v) is 34.4. The Morgan fingerprint density at radius 1 is 0.333 bits per heavy atom. The van der Waals surface area contributed by atoms with E-state index in [1.807, 2.05) is 78.9 Å². The number of thiazole rings is 1. The summed E-state index contributed by atoms with van der Waals surface area (Å²) in [6.07, 6.45) is 0. The van der Waals surface area contributed by atoms with Crippen molar-refractivity contribution >= 4 is 72.7 Å². The molecule has 13 rings (SSSR count). The molecule has 4 heterocycles. The molecular formula is C55H34N4O3S. The fourth-order valence-electron chi connectivity index (χ4n) is 9.10. The molecule has 0 bridgehead atoms. The molecule has 0 amide bonds. The summed E-state index contributed by atoms with van der Waals surface area (Å²) in [5, 5.41) is 0.969. The van der Waals surface area contributed by atoms with Crippen LogP contribution >= 0.6 is 11.3 Å². The standard InChI is InChI=1S/C55H34N4O3S/c1-14-31-52-38(18-1)56-55(63-52)36-17-15-16-35(34-36)37-32-33-45(57-39-19-2-8-25-46(39)60-47-26-9-3-20-40(47)57)54(59-43-23-6-12-29-50(43)62-51-30-13-7-24-44(51)59)53(37)58-41-21-4-10-27-48(41)61-49-28-11-5-22-42(49)58/h1-34H. The van der Waals surface area contributed by atoms with Crippen LogP contribution in [-0.2, 0) is 0 Å². The molecule has 10 aromatic rings. The van der Waals surface area contributed by atoms with E-state index in [0.29, 0.717) is 0 Å². The van der Waals surface area contributed by atoms with Crippen LogP contribution in [0.3, 0.4) is 0 Å². The zero-order chi connectivity index (χ0) is 41.4. The molecule has 0 saturated heterocycles. The van der Waals surface area contributed by atoms with Crippen molar-refractivity contribution in [2.24, 2.45) is 0 Å². The minimum atomic E-state index is 0.752. The Kier molecular flexibility index (Phi) is 7.94. The third kappa shape index (κ3) is 5.62. The SMILES string of the molecule is c1cc(-c2nc3ccccc3s2)cc(-c2ccc(N3c4ccccc4Oc4ccccc43)c(N3c4ccccc4Oc4ccccc43)c2N2c3ccccc3Oc3ccccc32)c1. The summed E-state index contributed by atoms with van der Waals surface area (Å²) in [6.45, 7) is 0. The first-order chi connectivity index (χ1) is 31.2. The van der Waals surface area contributed by atoms with Crippen LogP contribution in [0.15, 0.2) is 206 Å². The average Bonchev–Trinajstić information content (AvgIpc) is 3.79. The van der Waals surface area contributed by atoms with Gasteiger partial charge in [-0.3, -0.25) is 4.90 Å². The van der Waals surface area contributed by atoms with E-state index in [9.17, 15) is 0 Å². The second-order valence-electron chi connectivity index (χ2n) is 15.5. The molecule has 0 atom stereocenters. The van der Waals surface area contributed by atoms with Crippen molar-refractivity contribution in [2.75, 3.05) is 14.7 Å². The Labute approximate surface area is 367 Å². The number of rotatable bonds is 5. The first-order valence-corrected chi connectivity index (χ1v) is 21.7. The monoisotopic (exact) mass is 830 g/mol. The van der Waals surface area contributed by atoms with Crippen molar-refractivity contribution in [3.63, 3.8) is 0 Å². The van der Waals surface area contributed by atoms with Crippen molar-refractivity contribution < 1.29 is 14.2 Å². The van der Waals surface area contributed by atoms with Crippen molar-refractivity contribution in [1.29, 1.82) is 0 Å². The second-order valence-corrected chi connectivity index (χ2v) is 16.5. The van der Waals surface area contributed by atoms with Gasteiger partial charge in [-0.2, -0.15) is 0 Å². The van der Waals surface area contributed by atoms with Gasteiger partial charge in [0.2, 0.25) is 0 Å². The minimum absolute atomic E-state index is 0.752. The highest BCUT2D eigenvalue weighted by Gasteiger charge is 2.39. The number of fused-ring (bicyclic) bond motifs is 7. The van der Waals surface area contributed by atoms with Gasteiger partial charge in [0.15, 0.2) is 34.5 Å². The van der Waals surface area contributed by atoms with Crippen molar-refractivity contribution in [3.8, 4) is 56.2 Å². The maximum Gasteiger partial charge on any atom is 0.151 e. The Morgan fingerprint density at radius 2 is 0.746 bits per heavy atom. The third-order valence-corrected chi connectivity index (χ3v) is 12.9. The van der Waals surface area contributed by atoms with Crippen molar-refractivity contribution in [3.05, 3.63) is 206 Å². The Balaban J connectivity index is 1.19. The lowest BCUT2D eigenvalue weighted by Gasteiger charge is -2.42. The summed E-state index contributed by atoms with van der Waals surface area (Å²) in [4.78, 5) is 12.2. The van der Waals surface area contributed by atoms with Crippen molar-refractivity contribution in [2.45, 2.75) is 0 Å². The summed E-state index contributed by atoms with van der Waals surface area (Å²) in [5.74, 6) is 4.55. The van der Waals surface area contributed by atoms with Crippen LogP contribution in [0.4, 0.5) is 51.2 Å². The second kappa shape index (κ2) is 14.1. The van der Waals surface area contributed by atoms with Gasteiger partial charge in [0.25, 0.3) is 0 Å². The van der Waals surface area contributed by atoms with Gasteiger partial charge in [-0.05, 0) is 103 Å². The Bertz CT molecular complexity index is 3280. The van der Waals surface area contributed by atoms with Gasteiger partial charge in [-0.1, -0.05) is 109 Å². The molecule has 9 aromatic carbocycles. The van der Waals surface area contributed by atoms with Crippen LogP contribution < -0.4 is 28.9 Å². The van der Waals surface area contributed by atoms with E-state index < -0.39 is 0 Å². The third-order valence-electron chi connectivity index (χ3n) is 11.8. The van der Waals surface area contributed by atoms with Gasteiger partial charge in [0.05, 0.1) is 61.4 Å². The van der Waals surface area contributed by atoms with E-state index in [2.05, 4.69) is 142 Å². The highest BCUT2D eigenvalue weighted by atomic mass is 32.1. The number of anilines is 9. The van der Waals surface area contributed by atoms with Crippen LogP contribution in [0.5, 0.6) is 34.5 Å². The summed E-state index contributed by atoms with van der Waals surface area (Å²) in [5.41, 5.74) is 12.4. The highest BCUT2D eigenvalue weighted by Crippen LogP contribution is 2.64. The molecule has 1 aromatic heterocycles. The molecule has 0 N–H and O–H groups in total. The molecule has 3 aliphatic rings. The zero-order valence-electron chi connectivity index (χ0n) is 33.6. The lowest BCUT2D eigenvalue weighted by atomic mass is 9.95. The van der Waals surface area contributed by atoms with Gasteiger partial charge in [0.1, 0.15) is 5.01 Å². The number of nitrogens with zero attached hydrogens (tertiary/aromatic N) is 4. The molecular weight excluding hydrogens is 797 g/mol.